The fourth-order valence-electron chi connectivity index (χ4n) is 1.48. The molecule has 6 heteroatoms. The molecule has 0 fully saturated rings. The van der Waals surface area contributed by atoms with Gasteiger partial charge < -0.3 is 4.74 Å². The van der Waals surface area contributed by atoms with Gasteiger partial charge in [-0.25, -0.2) is 4.98 Å². The Balaban J connectivity index is 2.26. The van der Waals surface area contributed by atoms with Crippen LogP contribution in [0.4, 0.5) is 5.69 Å². The molecule has 0 saturated carbocycles. The van der Waals surface area contributed by atoms with Gasteiger partial charge in [-0.15, -0.1) is 11.6 Å². The lowest BCUT2D eigenvalue weighted by atomic mass is 10.2. The quantitative estimate of drug-likeness (QED) is 0.484. The van der Waals surface area contributed by atoms with Crippen LogP contribution >= 0.6 is 11.6 Å². The van der Waals surface area contributed by atoms with Gasteiger partial charge in [0.05, 0.1) is 11.0 Å². The van der Waals surface area contributed by atoms with Gasteiger partial charge >= 0.3 is 0 Å². The van der Waals surface area contributed by atoms with Gasteiger partial charge in [0.15, 0.2) is 0 Å². The van der Waals surface area contributed by atoms with Crippen molar-refractivity contribution >= 4 is 17.3 Å². The van der Waals surface area contributed by atoms with Crippen molar-refractivity contribution in [3.63, 3.8) is 0 Å². The predicted octanol–water partition coefficient (Wildman–Crippen LogP) is 3.83. The molecule has 1 heterocycles. The zero-order valence-corrected chi connectivity index (χ0v) is 10.9. The molecule has 1 aromatic carbocycles. The summed E-state index contributed by atoms with van der Waals surface area (Å²) in [4.78, 5) is 14.3. The second kappa shape index (κ2) is 5.67. The van der Waals surface area contributed by atoms with E-state index in [2.05, 4.69) is 4.98 Å². The number of aryl methyl sites for hydroxylation is 1. The molecule has 0 aliphatic carbocycles. The number of hydrogen-bond donors (Lipinski definition) is 0. The summed E-state index contributed by atoms with van der Waals surface area (Å²) in [5.41, 5.74) is 1.66. The number of hydrogen-bond acceptors (Lipinski definition) is 4. The lowest BCUT2D eigenvalue weighted by Crippen LogP contribution is -1.93. The predicted molar refractivity (Wildman–Crippen MR) is 71.7 cm³/mol. The lowest BCUT2D eigenvalue weighted by molar-refractivity contribution is -0.384. The minimum atomic E-state index is -0.462. The molecule has 0 spiro atoms. The number of halogens is 1. The minimum Gasteiger partial charge on any atom is -0.439 e. The molecule has 5 nitrogen and oxygen atoms in total. The average molecular weight is 279 g/mol. The number of rotatable bonds is 4. The molecule has 2 rings (SSSR count). The number of non-ortho nitro benzene ring substituents is 1. The van der Waals surface area contributed by atoms with Crippen LogP contribution in [0.1, 0.15) is 11.1 Å². The first-order chi connectivity index (χ1) is 9.10. The van der Waals surface area contributed by atoms with Crippen molar-refractivity contribution in [1.29, 1.82) is 0 Å². The number of nitro groups is 1. The summed E-state index contributed by atoms with van der Waals surface area (Å²) in [7, 11) is 0. The van der Waals surface area contributed by atoms with Gasteiger partial charge in [-0.2, -0.15) is 0 Å². The van der Waals surface area contributed by atoms with Crippen molar-refractivity contribution in [2.24, 2.45) is 0 Å². The van der Waals surface area contributed by atoms with E-state index in [1.54, 1.807) is 24.4 Å². The largest absolute Gasteiger partial charge is 0.439 e. The van der Waals surface area contributed by atoms with Gasteiger partial charge in [0.1, 0.15) is 5.75 Å². The van der Waals surface area contributed by atoms with Gasteiger partial charge in [-0.3, -0.25) is 10.1 Å². The minimum absolute atomic E-state index is 0.0158. The van der Waals surface area contributed by atoms with Crippen molar-refractivity contribution in [1.82, 2.24) is 4.98 Å². The van der Waals surface area contributed by atoms with Crippen LogP contribution in [0.2, 0.25) is 0 Å². The molecule has 0 aliphatic rings. The summed E-state index contributed by atoms with van der Waals surface area (Å²) in [6.45, 7) is 1.81. The summed E-state index contributed by atoms with van der Waals surface area (Å²) >= 11 is 5.66. The summed E-state index contributed by atoms with van der Waals surface area (Å²) in [6, 6.07) is 7.93. The summed E-state index contributed by atoms with van der Waals surface area (Å²) in [5, 5.41) is 10.7. The standard InChI is InChI=1S/C13H11ClN2O3/c1-9-2-4-11(16(17)18)6-12(9)19-13-5-3-10(7-14)8-15-13/h2-6,8H,7H2,1H3. The van der Waals surface area contributed by atoms with Crippen molar-refractivity contribution < 1.29 is 9.66 Å². The second-order valence-electron chi connectivity index (χ2n) is 3.95. The van der Waals surface area contributed by atoms with Gasteiger partial charge in [0, 0.05) is 24.2 Å². The van der Waals surface area contributed by atoms with E-state index in [-0.39, 0.29) is 5.69 Å². The van der Waals surface area contributed by atoms with Crippen LogP contribution in [0.25, 0.3) is 0 Å². The van der Waals surface area contributed by atoms with E-state index in [9.17, 15) is 10.1 Å². The third-order valence-electron chi connectivity index (χ3n) is 2.55. The molecule has 19 heavy (non-hydrogen) atoms. The molecule has 1 aromatic heterocycles. The highest BCUT2D eigenvalue weighted by Crippen LogP contribution is 2.27. The van der Waals surface area contributed by atoms with E-state index in [1.165, 1.54) is 12.1 Å². The first kappa shape index (κ1) is 13.3. The molecular weight excluding hydrogens is 268 g/mol. The zero-order chi connectivity index (χ0) is 13.8. The molecule has 0 radical (unpaired) electrons. The number of nitrogens with zero attached hydrogens (tertiary/aromatic N) is 2. The van der Waals surface area contributed by atoms with Crippen LogP contribution in [-0.4, -0.2) is 9.91 Å². The Bertz CT molecular complexity index is 599. The SMILES string of the molecule is Cc1ccc([N+](=O)[O-])cc1Oc1ccc(CCl)cn1. The Kier molecular flexibility index (Phi) is 3.97. The normalized spacial score (nSPS) is 10.2. The van der Waals surface area contributed by atoms with Crippen LogP contribution in [-0.2, 0) is 5.88 Å². The monoisotopic (exact) mass is 278 g/mol. The maximum Gasteiger partial charge on any atom is 0.273 e. The Hall–Kier alpha value is -2.14. The molecular formula is C13H11ClN2O3. The molecule has 98 valence electrons. The van der Waals surface area contributed by atoms with E-state index < -0.39 is 4.92 Å². The van der Waals surface area contributed by atoms with Crippen LogP contribution < -0.4 is 4.74 Å². The molecule has 0 atom stereocenters. The topological polar surface area (TPSA) is 65.3 Å². The van der Waals surface area contributed by atoms with Crippen LogP contribution in [0.3, 0.4) is 0 Å². The number of aromatic nitrogens is 1. The summed E-state index contributed by atoms with van der Waals surface area (Å²) in [6.07, 6.45) is 1.61. The van der Waals surface area contributed by atoms with Crippen molar-refractivity contribution in [2.75, 3.05) is 0 Å². The lowest BCUT2D eigenvalue weighted by Gasteiger charge is -2.07. The highest BCUT2D eigenvalue weighted by Gasteiger charge is 2.10. The Labute approximate surface area is 115 Å². The molecule has 0 bridgehead atoms. The number of ether oxygens (including phenoxy) is 1. The van der Waals surface area contributed by atoms with Gasteiger partial charge in [0.25, 0.3) is 5.69 Å². The molecule has 2 aromatic rings. The third-order valence-corrected chi connectivity index (χ3v) is 2.86. The maximum atomic E-state index is 10.7. The van der Waals surface area contributed by atoms with E-state index in [4.69, 9.17) is 16.3 Å². The third kappa shape index (κ3) is 3.20. The maximum absolute atomic E-state index is 10.7. The molecule has 0 N–H and O–H groups in total. The molecule has 0 unspecified atom stereocenters. The van der Waals surface area contributed by atoms with Gasteiger partial charge in [0.2, 0.25) is 5.88 Å². The summed E-state index contributed by atoms with van der Waals surface area (Å²) in [5.74, 6) is 1.17. The Morgan fingerprint density at radius 2 is 2.16 bits per heavy atom. The van der Waals surface area contributed by atoms with E-state index in [1.807, 2.05) is 6.92 Å². The number of alkyl halides is 1. The first-order valence-corrected chi connectivity index (χ1v) is 6.07. The first-order valence-electron chi connectivity index (χ1n) is 5.54. The Morgan fingerprint density at radius 1 is 1.37 bits per heavy atom. The fraction of sp³-hybridized carbons (Fsp3) is 0.154. The average Bonchev–Trinajstić information content (AvgIpc) is 2.42. The highest BCUT2D eigenvalue weighted by atomic mass is 35.5. The van der Waals surface area contributed by atoms with Crippen molar-refractivity contribution in [3.8, 4) is 11.6 Å². The van der Waals surface area contributed by atoms with E-state index in [0.717, 1.165) is 11.1 Å². The zero-order valence-electron chi connectivity index (χ0n) is 10.2. The number of pyridine rings is 1. The molecule has 0 aliphatic heterocycles. The fourth-order valence-corrected chi connectivity index (χ4v) is 1.63. The van der Waals surface area contributed by atoms with Gasteiger partial charge in [-0.05, 0) is 24.1 Å². The van der Waals surface area contributed by atoms with Crippen LogP contribution in [0.15, 0.2) is 36.5 Å². The highest BCUT2D eigenvalue weighted by molar-refractivity contribution is 6.17. The molecule has 0 amide bonds. The number of nitro benzene ring substituents is 1. The van der Waals surface area contributed by atoms with Crippen molar-refractivity contribution in [3.05, 3.63) is 57.8 Å². The smallest absolute Gasteiger partial charge is 0.273 e. The van der Waals surface area contributed by atoms with Crippen molar-refractivity contribution in [2.45, 2.75) is 12.8 Å². The van der Waals surface area contributed by atoms with Gasteiger partial charge in [-0.1, -0.05) is 6.07 Å². The summed E-state index contributed by atoms with van der Waals surface area (Å²) < 4.78 is 5.54. The van der Waals surface area contributed by atoms with Crippen LogP contribution in [0, 0.1) is 17.0 Å². The van der Waals surface area contributed by atoms with E-state index >= 15 is 0 Å². The van der Waals surface area contributed by atoms with E-state index in [0.29, 0.717) is 17.5 Å². The molecule has 0 saturated heterocycles. The second-order valence-corrected chi connectivity index (χ2v) is 4.21. The Morgan fingerprint density at radius 3 is 2.74 bits per heavy atom. The van der Waals surface area contributed by atoms with Crippen LogP contribution in [0.5, 0.6) is 11.6 Å². The number of benzene rings is 1.